The van der Waals surface area contributed by atoms with Crippen molar-refractivity contribution in [3.05, 3.63) is 30.2 Å². The second-order valence-corrected chi connectivity index (χ2v) is 2.95. The molecule has 0 amide bonds. The van der Waals surface area contributed by atoms with E-state index in [0.717, 1.165) is 17.1 Å². The standard InChI is InChI=1S/C10H13N3O/c1-2-14-9-4-3-5-13-8(6-11)7-12-10(9)13/h3-5,7H,2,6,11H2,1H3. The van der Waals surface area contributed by atoms with Crippen LogP contribution in [-0.2, 0) is 6.54 Å². The van der Waals surface area contributed by atoms with Crippen LogP contribution in [0.2, 0.25) is 0 Å². The molecular weight excluding hydrogens is 178 g/mol. The van der Waals surface area contributed by atoms with E-state index in [1.807, 2.05) is 29.7 Å². The van der Waals surface area contributed by atoms with Crippen LogP contribution in [0.3, 0.4) is 0 Å². The number of nitrogens with two attached hydrogens (primary N) is 1. The highest BCUT2D eigenvalue weighted by molar-refractivity contribution is 5.54. The highest BCUT2D eigenvalue weighted by Gasteiger charge is 2.05. The van der Waals surface area contributed by atoms with Crippen LogP contribution in [0.5, 0.6) is 5.75 Å². The smallest absolute Gasteiger partial charge is 0.179 e. The van der Waals surface area contributed by atoms with Crippen LogP contribution in [0.15, 0.2) is 24.5 Å². The third-order valence-electron chi connectivity index (χ3n) is 2.09. The highest BCUT2D eigenvalue weighted by atomic mass is 16.5. The molecule has 0 aliphatic rings. The average molecular weight is 191 g/mol. The summed E-state index contributed by atoms with van der Waals surface area (Å²) in [5.41, 5.74) is 7.40. The molecule has 74 valence electrons. The topological polar surface area (TPSA) is 52.5 Å². The van der Waals surface area contributed by atoms with Crippen LogP contribution in [0.4, 0.5) is 0 Å². The van der Waals surface area contributed by atoms with E-state index in [4.69, 9.17) is 10.5 Å². The van der Waals surface area contributed by atoms with E-state index >= 15 is 0 Å². The lowest BCUT2D eigenvalue weighted by atomic mass is 10.4. The zero-order valence-electron chi connectivity index (χ0n) is 8.10. The van der Waals surface area contributed by atoms with Crippen molar-refractivity contribution in [3.8, 4) is 5.75 Å². The van der Waals surface area contributed by atoms with Crippen molar-refractivity contribution < 1.29 is 4.74 Å². The molecule has 0 bridgehead atoms. The second-order valence-electron chi connectivity index (χ2n) is 2.95. The molecule has 4 heteroatoms. The maximum Gasteiger partial charge on any atom is 0.179 e. The van der Waals surface area contributed by atoms with Crippen molar-refractivity contribution >= 4 is 5.65 Å². The fourth-order valence-corrected chi connectivity index (χ4v) is 1.46. The predicted octanol–water partition coefficient (Wildman–Crippen LogP) is 1.19. The number of ether oxygens (including phenoxy) is 1. The average Bonchev–Trinajstić information content (AvgIpc) is 2.62. The minimum absolute atomic E-state index is 0.483. The molecule has 0 spiro atoms. The van der Waals surface area contributed by atoms with Gasteiger partial charge in [0.2, 0.25) is 0 Å². The zero-order chi connectivity index (χ0) is 9.97. The monoisotopic (exact) mass is 191 g/mol. The summed E-state index contributed by atoms with van der Waals surface area (Å²) in [5, 5.41) is 0. The molecule has 2 N–H and O–H groups in total. The summed E-state index contributed by atoms with van der Waals surface area (Å²) < 4.78 is 7.40. The molecule has 0 aromatic carbocycles. The molecule has 0 aliphatic heterocycles. The Hall–Kier alpha value is -1.55. The van der Waals surface area contributed by atoms with E-state index in [9.17, 15) is 0 Å². The first kappa shape index (κ1) is 9.02. The minimum Gasteiger partial charge on any atom is -0.490 e. The molecule has 4 nitrogen and oxygen atoms in total. The van der Waals surface area contributed by atoms with Gasteiger partial charge in [0.05, 0.1) is 18.5 Å². The van der Waals surface area contributed by atoms with E-state index in [2.05, 4.69) is 4.98 Å². The van der Waals surface area contributed by atoms with E-state index in [1.54, 1.807) is 6.20 Å². The van der Waals surface area contributed by atoms with Gasteiger partial charge in [-0.15, -0.1) is 0 Å². The predicted molar refractivity (Wildman–Crippen MR) is 54.3 cm³/mol. The van der Waals surface area contributed by atoms with Crippen LogP contribution in [0, 0.1) is 0 Å². The third-order valence-corrected chi connectivity index (χ3v) is 2.09. The largest absolute Gasteiger partial charge is 0.490 e. The van der Waals surface area contributed by atoms with Crippen LogP contribution >= 0.6 is 0 Å². The first-order valence-corrected chi connectivity index (χ1v) is 4.64. The van der Waals surface area contributed by atoms with Crippen molar-refractivity contribution in [1.29, 1.82) is 0 Å². The molecule has 2 aromatic rings. The Morgan fingerprint density at radius 3 is 3.14 bits per heavy atom. The summed E-state index contributed by atoms with van der Waals surface area (Å²) in [5.74, 6) is 0.801. The Morgan fingerprint density at radius 1 is 1.57 bits per heavy atom. The number of fused-ring (bicyclic) bond motifs is 1. The quantitative estimate of drug-likeness (QED) is 0.792. The first-order valence-electron chi connectivity index (χ1n) is 4.64. The SMILES string of the molecule is CCOc1cccn2c(CN)cnc12. The number of pyridine rings is 1. The molecule has 0 radical (unpaired) electrons. The van der Waals surface area contributed by atoms with Crippen molar-refractivity contribution in [3.63, 3.8) is 0 Å². The van der Waals surface area contributed by atoms with E-state index in [0.29, 0.717) is 13.2 Å². The maximum absolute atomic E-state index is 5.58. The van der Waals surface area contributed by atoms with Crippen molar-refractivity contribution in [2.24, 2.45) is 5.73 Å². The van der Waals surface area contributed by atoms with Gasteiger partial charge in [-0.3, -0.25) is 4.40 Å². The molecule has 0 aliphatic carbocycles. The summed E-state index contributed by atoms with van der Waals surface area (Å²) in [4.78, 5) is 4.27. The lowest BCUT2D eigenvalue weighted by molar-refractivity contribution is 0.342. The van der Waals surface area contributed by atoms with Crippen LogP contribution in [-0.4, -0.2) is 16.0 Å². The van der Waals surface area contributed by atoms with Gasteiger partial charge >= 0.3 is 0 Å². The van der Waals surface area contributed by atoms with Gasteiger partial charge in [0.25, 0.3) is 0 Å². The van der Waals surface area contributed by atoms with Crippen LogP contribution < -0.4 is 10.5 Å². The lowest BCUT2D eigenvalue weighted by Gasteiger charge is -2.04. The molecule has 2 rings (SSSR count). The van der Waals surface area contributed by atoms with Gasteiger partial charge in [0.1, 0.15) is 0 Å². The van der Waals surface area contributed by atoms with Crippen LogP contribution in [0.1, 0.15) is 12.6 Å². The molecule has 14 heavy (non-hydrogen) atoms. The summed E-state index contributed by atoms with van der Waals surface area (Å²) >= 11 is 0. The van der Waals surface area contributed by atoms with Crippen molar-refractivity contribution in [1.82, 2.24) is 9.38 Å². The summed E-state index contributed by atoms with van der Waals surface area (Å²) in [7, 11) is 0. The number of nitrogens with zero attached hydrogens (tertiary/aromatic N) is 2. The van der Waals surface area contributed by atoms with E-state index in [-0.39, 0.29) is 0 Å². The Bertz CT molecular complexity index is 436. The Balaban J connectivity index is 2.58. The van der Waals surface area contributed by atoms with Crippen molar-refractivity contribution in [2.75, 3.05) is 6.61 Å². The first-order chi connectivity index (χ1) is 6.86. The summed E-state index contributed by atoms with van der Waals surface area (Å²) in [6.45, 7) is 3.08. The van der Waals surface area contributed by atoms with Gasteiger partial charge < -0.3 is 10.5 Å². The third kappa shape index (κ3) is 1.33. The second kappa shape index (κ2) is 3.67. The van der Waals surface area contributed by atoms with Gasteiger partial charge in [0.15, 0.2) is 11.4 Å². The minimum atomic E-state index is 0.483. The number of aromatic nitrogens is 2. The molecule has 0 atom stereocenters. The molecule has 2 heterocycles. The van der Waals surface area contributed by atoms with Crippen molar-refractivity contribution in [2.45, 2.75) is 13.5 Å². The summed E-state index contributed by atoms with van der Waals surface area (Å²) in [6.07, 6.45) is 3.71. The molecule has 0 saturated heterocycles. The maximum atomic E-state index is 5.58. The fourth-order valence-electron chi connectivity index (χ4n) is 1.46. The number of imidazole rings is 1. The van der Waals surface area contributed by atoms with Gasteiger partial charge in [-0.25, -0.2) is 4.98 Å². The molecule has 0 saturated carbocycles. The lowest BCUT2D eigenvalue weighted by Crippen LogP contribution is -2.01. The number of hydrogen-bond acceptors (Lipinski definition) is 3. The molecule has 0 fully saturated rings. The Labute approximate surface area is 82.3 Å². The zero-order valence-corrected chi connectivity index (χ0v) is 8.10. The number of hydrogen-bond donors (Lipinski definition) is 1. The van der Waals surface area contributed by atoms with Gasteiger partial charge in [-0.2, -0.15) is 0 Å². The fraction of sp³-hybridized carbons (Fsp3) is 0.300. The van der Waals surface area contributed by atoms with E-state index < -0.39 is 0 Å². The Kier molecular flexibility index (Phi) is 2.37. The van der Waals surface area contributed by atoms with E-state index in [1.165, 1.54) is 0 Å². The highest BCUT2D eigenvalue weighted by Crippen LogP contribution is 2.18. The molecule has 0 unspecified atom stereocenters. The normalized spacial score (nSPS) is 10.7. The summed E-state index contributed by atoms with van der Waals surface area (Å²) in [6, 6.07) is 3.84. The molecule has 2 aromatic heterocycles. The van der Waals surface area contributed by atoms with Gasteiger partial charge in [-0.1, -0.05) is 0 Å². The number of rotatable bonds is 3. The van der Waals surface area contributed by atoms with Gasteiger partial charge in [0, 0.05) is 12.7 Å². The Morgan fingerprint density at radius 2 is 2.43 bits per heavy atom. The van der Waals surface area contributed by atoms with Gasteiger partial charge in [-0.05, 0) is 19.1 Å². The molecular formula is C10H13N3O. The van der Waals surface area contributed by atoms with Crippen LogP contribution in [0.25, 0.3) is 5.65 Å².